The molecule has 10 heteroatoms. The van der Waals surface area contributed by atoms with Gasteiger partial charge in [0.05, 0.1) is 11.4 Å². The highest BCUT2D eigenvalue weighted by Crippen LogP contribution is 2.28. The number of nitrogens with zero attached hydrogens (tertiary/aromatic N) is 5. The number of aryl methyl sites for hydroxylation is 1. The van der Waals surface area contributed by atoms with Crippen LogP contribution < -0.4 is 21.2 Å². The summed E-state index contributed by atoms with van der Waals surface area (Å²) in [5.41, 5.74) is 1.76. The van der Waals surface area contributed by atoms with Crippen molar-refractivity contribution in [1.82, 2.24) is 18.7 Å². The van der Waals surface area contributed by atoms with E-state index in [1.807, 2.05) is 37.3 Å². The summed E-state index contributed by atoms with van der Waals surface area (Å²) in [6, 6.07) is 21.8. The van der Waals surface area contributed by atoms with Crippen LogP contribution in [-0.2, 0) is 17.3 Å². The van der Waals surface area contributed by atoms with Gasteiger partial charge in [0, 0.05) is 13.2 Å². The average molecular weight is 589 g/mol. The Kier molecular flexibility index (Phi) is 7.81. The maximum absolute atomic E-state index is 13.7. The highest BCUT2D eigenvalue weighted by Gasteiger charge is 2.22. The number of benzene rings is 2. The maximum Gasteiger partial charge on any atom is 0.295 e. The summed E-state index contributed by atoms with van der Waals surface area (Å²) < 4.78 is 10.5. The van der Waals surface area contributed by atoms with Gasteiger partial charge in [0.1, 0.15) is 34.3 Å². The fourth-order valence-corrected chi connectivity index (χ4v) is 4.81. The number of aromatic nitrogens is 4. The van der Waals surface area contributed by atoms with E-state index in [4.69, 9.17) is 4.74 Å². The lowest BCUT2D eigenvalue weighted by molar-refractivity contribution is -0.112. The Morgan fingerprint density at radius 2 is 1.66 bits per heavy atom. The molecule has 2 aromatic carbocycles. The van der Waals surface area contributed by atoms with Crippen LogP contribution in [0.15, 0.2) is 88.1 Å². The Morgan fingerprint density at radius 3 is 2.30 bits per heavy atom. The number of ether oxygens (including phenoxy) is 1. The molecular weight excluding hydrogens is 556 g/mol. The molecule has 0 bridgehead atoms. The number of nitrogens with one attached hydrogen (secondary N) is 1. The van der Waals surface area contributed by atoms with Gasteiger partial charge in [0.15, 0.2) is 0 Å². The Balaban J connectivity index is 1.58. The number of anilines is 1. The van der Waals surface area contributed by atoms with E-state index in [1.165, 1.54) is 9.08 Å². The molecule has 5 rings (SSSR count). The molecule has 0 saturated heterocycles. The van der Waals surface area contributed by atoms with Crippen LogP contribution >= 0.6 is 0 Å². The van der Waals surface area contributed by atoms with E-state index >= 15 is 0 Å². The van der Waals surface area contributed by atoms with Gasteiger partial charge in [0.2, 0.25) is 5.88 Å². The summed E-state index contributed by atoms with van der Waals surface area (Å²) in [5, 5.41) is 12.6. The Bertz CT molecular complexity index is 2090. The molecule has 5 aromatic rings. The van der Waals surface area contributed by atoms with Crippen molar-refractivity contribution in [3.05, 3.63) is 122 Å². The molecular formula is C34H32N6O4. The zero-order valence-electron chi connectivity index (χ0n) is 25.4. The molecule has 0 saturated carbocycles. The van der Waals surface area contributed by atoms with Gasteiger partial charge in [-0.3, -0.25) is 23.5 Å². The number of hydrogen-bond donors (Lipinski definition) is 1. The van der Waals surface area contributed by atoms with Gasteiger partial charge in [-0.05, 0) is 66.8 Å². The summed E-state index contributed by atoms with van der Waals surface area (Å²) in [5.74, 6) is -0.481. The number of amides is 1. The van der Waals surface area contributed by atoms with Crippen molar-refractivity contribution in [3.63, 3.8) is 0 Å². The number of carbonyl (C=O) groups excluding carboxylic acids is 1. The first-order valence-electron chi connectivity index (χ1n) is 14.0. The molecule has 0 spiro atoms. The fourth-order valence-electron chi connectivity index (χ4n) is 4.81. The number of carbonyl (C=O) groups is 1. The van der Waals surface area contributed by atoms with Crippen LogP contribution in [0.1, 0.15) is 43.2 Å². The van der Waals surface area contributed by atoms with Crippen molar-refractivity contribution >= 4 is 23.3 Å². The molecule has 0 atom stereocenters. The molecule has 1 N–H and O–H groups in total. The Morgan fingerprint density at radius 1 is 0.977 bits per heavy atom. The lowest BCUT2D eigenvalue weighted by Crippen LogP contribution is -2.24. The molecule has 1 amide bonds. The first-order chi connectivity index (χ1) is 20.9. The maximum atomic E-state index is 13.7. The van der Waals surface area contributed by atoms with Crippen LogP contribution in [0.3, 0.4) is 0 Å². The van der Waals surface area contributed by atoms with Gasteiger partial charge in [0.25, 0.3) is 17.0 Å². The van der Waals surface area contributed by atoms with Gasteiger partial charge < -0.3 is 10.1 Å². The summed E-state index contributed by atoms with van der Waals surface area (Å²) in [4.78, 5) is 45.1. The Labute approximate surface area is 254 Å². The van der Waals surface area contributed by atoms with Crippen molar-refractivity contribution < 1.29 is 9.53 Å². The van der Waals surface area contributed by atoms with Gasteiger partial charge in [-0.2, -0.15) is 10.2 Å². The van der Waals surface area contributed by atoms with Crippen molar-refractivity contribution in [2.75, 3.05) is 5.32 Å². The van der Waals surface area contributed by atoms with Crippen LogP contribution in [0.4, 0.5) is 5.69 Å². The standard InChI is InChI=1S/C34H32N6O4/c1-21-11-10-18-39-29(21)37-31(44-26-16-14-24(15-17-26)34(3,4)5)27(32(39)42)19-23(20-35)30(41)36-28-22(2)38(6)40(33(28)43)25-12-8-7-9-13-25/h7-19H,1-6H3,(H,36,41)/b23-19+. The SMILES string of the molecule is Cc1cccn2c(=O)c(/C=C(\C#N)C(=O)Nc3c(C)n(C)n(-c4ccccc4)c3=O)c(Oc3ccc(C(C)(C)C)cc3)nc12. The van der Waals surface area contributed by atoms with Crippen molar-refractivity contribution in [3.8, 4) is 23.4 Å². The monoisotopic (exact) mass is 588 g/mol. The minimum Gasteiger partial charge on any atom is -0.438 e. The fraction of sp³-hybridized carbons (Fsp3) is 0.206. The molecule has 3 aromatic heterocycles. The van der Waals surface area contributed by atoms with E-state index in [9.17, 15) is 19.6 Å². The number of hydrogen-bond acceptors (Lipinski definition) is 6. The first-order valence-corrected chi connectivity index (χ1v) is 14.0. The number of nitriles is 1. The van der Waals surface area contributed by atoms with Crippen LogP contribution in [0.5, 0.6) is 11.6 Å². The quantitative estimate of drug-likeness (QED) is 0.208. The van der Waals surface area contributed by atoms with E-state index in [0.717, 1.165) is 17.2 Å². The number of pyridine rings is 1. The highest BCUT2D eigenvalue weighted by atomic mass is 16.5. The second-order valence-corrected chi connectivity index (χ2v) is 11.5. The number of rotatable bonds is 6. The van der Waals surface area contributed by atoms with Crippen LogP contribution in [0, 0.1) is 25.2 Å². The zero-order chi connectivity index (χ0) is 31.8. The van der Waals surface area contributed by atoms with E-state index in [0.29, 0.717) is 22.8 Å². The molecule has 0 radical (unpaired) electrons. The summed E-state index contributed by atoms with van der Waals surface area (Å²) in [6.07, 6.45) is 2.70. The van der Waals surface area contributed by atoms with Crippen LogP contribution in [0.25, 0.3) is 17.4 Å². The molecule has 0 aliphatic heterocycles. The summed E-state index contributed by atoms with van der Waals surface area (Å²) in [6.45, 7) is 9.80. The van der Waals surface area contributed by atoms with Crippen molar-refractivity contribution in [2.45, 2.75) is 40.0 Å². The van der Waals surface area contributed by atoms with E-state index in [-0.39, 0.29) is 22.5 Å². The topological polar surface area (TPSA) is 123 Å². The van der Waals surface area contributed by atoms with Crippen LogP contribution in [-0.4, -0.2) is 24.7 Å². The Hall–Kier alpha value is -5.69. The zero-order valence-corrected chi connectivity index (χ0v) is 25.4. The molecule has 10 nitrogen and oxygen atoms in total. The second-order valence-electron chi connectivity index (χ2n) is 11.5. The van der Waals surface area contributed by atoms with E-state index in [2.05, 4.69) is 31.1 Å². The third-order valence-corrected chi connectivity index (χ3v) is 7.43. The molecule has 3 heterocycles. The van der Waals surface area contributed by atoms with Crippen molar-refractivity contribution in [1.29, 1.82) is 5.26 Å². The molecule has 222 valence electrons. The van der Waals surface area contributed by atoms with E-state index in [1.54, 1.807) is 67.3 Å². The number of fused-ring (bicyclic) bond motifs is 1. The van der Waals surface area contributed by atoms with Gasteiger partial charge in [-0.25, -0.2) is 4.68 Å². The summed E-state index contributed by atoms with van der Waals surface area (Å²) >= 11 is 0. The third kappa shape index (κ3) is 5.55. The van der Waals surface area contributed by atoms with Crippen LogP contribution in [0.2, 0.25) is 0 Å². The lowest BCUT2D eigenvalue weighted by atomic mass is 9.87. The molecule has 0 fully saturated rings. The summed E-state index contributed by atoms with van der Waals surface area (Å²) in [7, 11) is 1.70. The predicted molar refractivity (Wildman–Crippen MR) is 169 cm³/mol. The average Bonchev–Trinajstić information content (AvgIpc) is 3.20. The number of para-hydroxylation sites is 1. The molecule has 0 aliphatic rings. The largest absolute Gasteiger partial charge is 0.438 e. The van der Waals surface area contributed by atoms with Gasteiger partial charge >= 0.3 is 0 Å². The first kappa shape index (κ1) is 29.8. The van der Waals surface area contributed by atoms with Gasteiger partial charge in [-0.15, -0.1) is 0 Å². The normalized spacial score (nSPS) is 11.8. The lowest BCUT2D eigenvalue weighted by Gasteiger charge is -2.19. The highest BCUT2D eigenvalue weighted by molar-refractivity contribution is 6.10. The third-order valence-electron chi connectivity index (χ3n) is 7.43. The predicted octanol–water partition coefficient (Wildman–Crippen LogP) is 5.44. The minimum atomic E-state index is -0.854. The second kappa shape index (κ2) is 11.5. The molecule has 44 heavy (non-hydrogen) atoms. The van der Waals surface area contributed by atoms with E-state index < -0.39 is 22.6 Å². The molecule has 0 aliphatic carbocycles. The van der Waals surface area contributed by atoms with Crippen molar-refractivity contribution in [2.24, 2.45) is 7.05 Å². The van der Waals surface area contributed by atoms with Gasteiger partial charge in [-0.1, -0.05) is 57.2 Å². The molecule has 0 unspecified atom stereocenters. The smallest absolute Gasteiger partial charge is 0.295 e. The minimum absolute atomic E-state index is 0.0156.